The average molecular weight is 415 g/mol. The highest BCUT2D eigenvalue weighted by Crippen LogP contribution is 2.18. The molecule has 2 rings (SSSR count). The van der Waals surface area contributed by atoms with E-state index in [0.717, 1.165) is 30.4 Å². The normalized spacial score (nSPS) is 11.7. The van der Waals surface area contributed by atoms with Crippen LogP contribution in [-0.4, -0.2) is 29.3 Å². The molecule has 0 aliphatic carbocycles. The highest BCUT2D eigenvalue weighted by atomic mass is 35.5. The van der Waals surface area contributed by atoms with Gasteiger partial charge in [0, 0.05) is 31.0 Å². The molecule has 2 aromatic rings. The van der Waals surface area contributed by atoms with Gasteiger partial charge in [0.15, 0.2) is 0 Å². The zero-order valence-electron chi connectivity index (χ0n) is 17.4. The van der Waals surface area contributed by atoms with Crippen LogP contribution >= 0.6 is 11.6 Å². The Balaban J connectivity index is 2.32. The maximum atomic E-state index is 13.1. The standard InChI is InChI=1S/C24H31ClN2O2/c1-3-5-15-26-24(29)22(17-19-11-7-6-8-12-19)27(23(28)10-4-2)18-20-13-9-14-21(25)16-20/h6-9,11-14,16,22H,3-5,10,15,17-18H2,1-2H3,(H,26,29)/t22-/m1/s1. The number of halogens is 1. The van der Waals surface area contributed by atoms with Gasteiger partial charge in [0.25, 0.3) is 0 Å². The SMILES string of the molecule is CCCCNC(=O)[C@@H](Cc1ccccc1)N(Cc1cccc(Cl)c1)C(=O)CCC. The van der Waals surface area contributed by atoms with Crippen molar-refractivity contribution >= 4 is 23.4 Å². The van der Waals surface area contributed by atoms with Gasteiger partial charge in [-0.15, -0.1) is 0 Å². The Labute approximate surface area is 179 Å². The van der Waals surface area contributed by atoms with Crippen LogP contribution in [0, 0.1) is 0 Å². The van der Waals surface area contributed by atoms with E-state index in [9.17, 15) is 9.59 Å². The topological polar surface area (TPSA) is 49.4 Å². The van der Waals surface area contributed by atoms with Crippen molar-refractivity contribution < 1.29 is 9.59 Å². The van der Waals surface area contributed by atoms with Gasteiger partial charge in [-0.3, -0.25) is 9.59 Å². The van der Waals surface area contributed by atoms with Gasteiger partial charge in [-0.2, -0.15) is 0 Å². The fraction of sp³-hybridized carbons (Fsp3) is 0.417. The van der Waals surface area contributed by atoms with Gasteiger partial charge >= 0.3 is 0 Å². The van der Waals surface area contributed by atoms with E-state index in [-0.39, 0.29) is 11.8 Å². The second-order valence-corrected chi connectivity index (χ2v) is 7.69. The molecule has 0 heterocycles. The van der Waals surface area contributed by atoms with Crippen LogP contribution < -0.4 is 5.32 Å². The minimum atomic E-state index is -0.563. The van der Waals surface area contributed by atoms with Gasteiger partial charge in [0.2, 0.25) is 11.8 Å². The first kappa shape index (κ1) is 23.0. The largest absolute Gasteiger partial charge is 0.354 e. The summed E-state index contributed by atoms with van der Waals surface area (Å²) in [5.41, 5.74) is 1.95. The molecule has 1 atom stereocenters. The number of amides is 2. The maximum absolute atomic E-state index is 13.1. The van der Waals surface area contributed by atoms with Gasteiger partial charge in [0.05, 0.1) is 0 Å². The number of benzene rings is 2. The molecule has 4 nitrogen and oxygen atoms in total. The molecule has 5 heteroatoms. The summed E-state index contributed by atoms with van der Waals surface area (Å²) in [4.78, 5) is 27.8. The number of unbranched alkanes of at least 4 members (excludes halogenated alkanes) is 1. The first-order valence-electron chi connectivity index (χ1n) is 10.4. The summed E-state index contributed by atoms with van der Waals surface area (Å²) < 4.78 is 0. The van der Waals surface area contributed by atoms with Crippen LogP contribution in [0.1, 0.15) is 50.7 Å². The lowest BCUT2D eigenvalue weighted by Gasteiger charge is -2.31. The van der Waals surface area contributed by atoms with E-state index in [2.05, 4.69) is 12.2 Å². The Morgan fingerprint density at radius 2 is 1.72 bits per heavy atom. The number of carbonyl (C=O) groups is 2. The molecule has 0 saturated carbocycles. The molecule has 0 spiro atoms. The molecule has 2 amide bonds. The second kappa shape index (κ2) is 12.3. The molecule has 1 N–H and O–H groups in total. The van der Waals surface area contributed by atoms with E-state index in [1.165, 1.54) is 0 Å². The number of hydrogen-bond donors (Lipinski definition) is 1. The lowest BCUT2D eigenvalue weighted by molar-refractivity contribution is -0.141. The molecule has 0 unspecified atom stereocenters. The van der Waals surface area contributed by atoms with Crippen molar-refractivity contribution in [2.75, 3.05) is 6.54 Å². The first-order chi connectivity index (χ1) is 14.0. The number of hydrogen-bond acceptors (Lipinski definition) is 2. The van der Waals surface area contributed by atoms with Gasteiger partial charge in [-0.1, -0.05) is 74.3 Å². The first-order valence-corrected chi connectivity index (χ1v) is 10.8. The molecular weight excluding hydrogens is 384 g/mol. The molecule has 0 saturated heterocycles. The number of rotatable bonds is 11. The summed E-state index contributed by atoms with van der Waals surface area (Å²) in [5, 5.41) is 3.64. The number of nitrogens with zero attached hydrogens (tertiary/aromatic N) is 1. The molecule has 0 bridgehead atoms. The Morgan fingerprint density at radius 1 is 1.00 bits per heavy atom. The van der Waals surface area contributed by atoms with E-state index >= 15 is 0 Å². The van der Waals surface area contributed by atoms with Crippen molar-refractivity contribution in [2.24, 2.45) is 0 Å². The van der Waals surface area contributed by atoms with Crippen molar-refractivity contribution in [1.29, 1.82) is 0 Å². The highest BCUT2D eigenvalue weighted by molar-refractivity contribution is 6.30. The van der Waals surface area contributed by atoms with Gasteiger partial charge in [-0.25, -0.2) is 0 Å². The summed E-state index contributed by atoms with van der Waals surface area (Å²) in [5.74, 6) is -0.118. The molecular formula is C24H31ClN2O2. The maximum Gasteiger partial charge on any atom is 0.243 e. The summed E-state index contributed by atoms with van der Waals surface area (Å²) in [7, 11) is 0. The molecule has 2 aromatic carbocycles. The van der Waals surface area contributed by atoms with Gasteiger partial charge in [0.1, 0.15) is 6.04 Å². The average Bonchev–Trinajstić information content (AvgIpc) is 2.71. The van der Waals surface area contributed by atoms with E-state index < -0.39 is 6.04 Å². The number of nitrogens with one attached hydrogen (secondary N) is 1. The monoisotopic (exact) mass is 414 g/mol. The van der Waals surface area contributed by atoms with Crippen molar-refractivity contribution in [2.45, 2.75) is 58.5 Å². The molecule has 0 fully saturated rings. The minimum Gasteiger partial charge on any atom is -0.354 e. The summed E-state index contributed by atoms with van der Waals surface area (Å²) >= 11 is 6.14. The zero-order valence-corrected chi connectivity index (χ0v) is 18.1. The van der Waals surface area contributed by atoms with Crippen LogP contribution in [0.5, 0.6) is 0 Å². The Hall–Kier alpha value is -2.33. The Bertz CT molecular complexity index is 779. The van der Waals surface area contributed by atoms with Crippen LogP contribution in [0.15, 0.2) is 54.6 Å². The van der Waals surface area contributed by atoms with Crippen molar-refractivity contribution in [3.8, 4) is 0 Å². The quantitative estimate of drug-likeness (QED) is 0.526. The van der Waals surface area contributed by atoms with E-state index in [0.29, 0.717) is 31.0 Å². The molecule has 156 valence electrons. The predicted molar refractivity (Wildman–Crippen MR) is 119 cm³/mol. The van der Waals surface area contributed by atoms with Crippen LogP contribution in [0.25, 0.3) is 0 Å². The Morgan fingerprint density at radius 3 is 2.38 bits per heavy atom. The third-order valence-electron chi connectivity index (χ3n) is 4.81. The highest BCUT2D eigenvalue weighted by Gasteiger charge is 2.29. The summed E-state index contributed by atoms with van der Waals surface area (Å²) in [6, 6.07) is 16.7. The minimum absolute atomic E-state index is 0.0148. The van der Waals surface area contributed by atoms with Gasteiger partial charge in [-0.05, 0) is 36.1 Å². The van der Waals surface area contributed by atoms with Crippen LogP contribution in [-0.2, 0) is 22.6 Å². The zero-order chi connectivity index (χ0) is 21.1. The molecule has 0 aliphatic rings. The smallest absolute Gasteiger partial charge is 0.243 e. The van der Waals surface area contributed by atoms with E-state index in [1.54, 1.807) is 4.90 Å². The van der Waals surface area contributed by atoms with Crippen molar-refractivity contribution in [3.63, 3.8) is 0 Å². The lowest BCUT2D eigenvalue weighted by atomic mass is 10.0. The van der Waals surface area contributed by atoms with Crippen LogP contribution in [0.3, 0.4) is 0 Å². The predicted octanol–water partition coefficient (Wildman–Crippen LogP) is 5.00. The van der Waals surface area contributed by atoms with Crippen molar-refractivity contribution in [1.82, 2.24) is 10.2 Å². The second-order valence-electron chi connectivity index (χ2n) is 7.25. The third kappa shape index (κ3) is 7.54. The molecule has 0 aliphatic heterocycles. The molecule has 0 aromatic heterocycles. The third-order valence-corrected chi connectivity index (χ3v) is 5.04. The van der Waals surface area contributed by atoms with Gasteiger partial charge < -0.3 is 10.2 Å². The fourth-order valence-corrected chi connectivity index (χ4v) is 3.46. The van der Waals surface area contributed by atoms with Crippen molar-refractivity contribution in [3.05, 3.63) is 70.7 Å². The van der Waals surface area contributed by atoms with Crippen LogP contribution in [0.4, 0.5) is 0 Å². The molecule has 29 heavy (non-hydrogen) atoms. The van der Waals surface area contributed by atoms with E-state index in [1.807, 2.05) is 61.5 Å². The lowest BCUT2D eigenvalue weighted by Crippen LogP contribution is -2.50. The summed E-state index contributed by atoms with van der Waals surface area (Å²) in [6.45, 7) is 5.04. The fourth-order valence-electron chi connectivity index (χ4n) is 3.25. The number of carbonyl (C=O) groups excluding carboxylic acids is 2. The summed E-state index contributed by atoms with van der Waals surface area (Å²) in [6.07, 6.45) is 3.55. The Kier molecular flexibility index (Phi) is 9.72. The van der Waals surface area contributed by atoms with Crippen LogP contribution in [0.2, 0.25) is 5.02 Å². The molecule has 0 radical (unpaired) electrons. The van der Waals surface area contributed by atoms with E-state index in [4.69, 9.17) is 11.6 Å².